The lowest BCUT2D eigenvalue weighted by molar-refractivity contribution is -0.131. The van der Waals surface area contributed by atoms with Gasteiger partial charge in [0.05, 0.1) is 29.6 Å². The predicted octanol–water partition coefficient (Wildman–Crippen LogP) is 3.51. The number of fused-ring (bicyclic) bond motifs is 1. The molecule has 3 aromatic rings. The highest BCUT2D eigenvalue weighted by atomic mass is 16.5. The SMILES string of the molecule is COc1ccc(C2(C(=O)N[C@H](C)c3nc4ccccc4n3C)CCOCC2)cc1. The van der Waals surface area contributed by atoms with Gasteiger partial charge in [-0.15, -0.1) is 0 Å². The summed E-state index contributed by atoms with van der Waals surface area (Å²) in [4.78, 5) is 18.3. The molecule has 4 rings (SSSR count). The fourth-order valence-electron chi connectivity index (χ4n) is 4.23. The van der Waals surface area contributed by atoms with E-state index in [0.717, 1.165) is 28.2 Å². The van der Waals surface area contributed by atoms with Crippen LogP contribution >= 0.6 is 0 Å². The van der Waals surface area contributed by atoms with Crippen molar-refractivity contribution in [2.24, 2.45) is 7.05 Å². The number of carbonyl (C=O) groups excluding carboxylic acids is 1. The van der Waals surface area contributed by atoms with Crippen molar-refractivity contribution in [1.82, 2.24) is 14.9 Å². The van der Waals surface area contributed by atoms with Crippen LogP contribution in [0, 0.1) is 0 Å². The van der Waals surface area contributed by atoms with Crippen molar-refractivity contribution in [2.75, 3.05) is 20.3 Å². The van der Waals surface area contributed by atoms with E-state index in [1.165, 1.54) is 0 Å². The van der Waals surface area contributed by atoms with Crippen molar-refractivity contribution in [3.63, 3.8) is 0 Å². The van der Waals surface area contributed by atoms with Crippen LogP contribution in [0.3, 0.4) is 0 Å². The molecule has 29 heavy (non-hydrogen) atoms. The Bertz CT molecular complexity index is 1000. The summed E-state index contributed by atoms with van der Waals surface area (Å²) in [7, 11) is 3.63. The second-order valence-corrected chi connectivity index (χ2v) is 7.64. The monoisotopic (exact) mass is 393 g/mol. The van der Waals surface area contributed by atoms with Crippen molar-refractivity contribution in [1.29, 1.82) is 0 Å². The van der Waals surface area contributed by atoms with Crippen LogP contribution in [0.25, 0.3) is 11.0 Å². The average molecular weight is 393 g/mol. The number of carbonyl (C=O) groups is 1. The van der Waals surface area contributed by atoms with E-state index in [0.29, 0.717) is 26.1 Å². The smallest absolute Gasteiger partial charge is 0.231 e. The van der Waals surface area contributed by atoms with Gasteiger partial charge in [-0.2, -0.15) is 0 Å². The first-order valence-corrected chi connectivity index (χ1v) is 10.00. The zero-order valence-corrected chi connectivity index (χ0v) is 17.1. The molecule has 1 aliphatic rings. The summed E-state index contributed by atoms with van der Waals surface area (Å²) in [6.45, 7) is 3.13. The maximum Gasteiger partial charge on any atom is 0.231 e. The summed E-state index contributed by atoms with van der Waals surface area (Å²) in [5.74, 6) is 1.64. The maximum atomic E-state index is 13.6. The Balaban J connectivity index is 1.63. The van der Waals surface area contributed by atoms with Crippen molar-refractivity contribution >= 4 is 16.9 Å². The Morgan fingerprint density at radius 1 is 1.17 bits per heavy atom. The van der Waals surface area contributed by atoms with Gasteiger partial charge in [-0.25, -0.2) is 4.98 Å². The minimum atomic E-state index is -0.608. The van der Waals surface area contributed by atoms with E-state index in [-0.39, 0.29) is 11.9 Å². The van der Waals surface area contributed by atoms with E-state index in [1.807, 2.05) is 67.1 Å². The minimum absolute atomic E-state index is 0.0190. The van der Waals surface area contributed by atoms with Gasteiger partial charge in [0, 0.05) is 20.3 Å². The molecule has 1 amide bonds. The molecule has 6 heteroatoms. The lowest BCUT2D eigenvalue weighted by Gasteiger charge is -2.37. The number of benzene rings is 2. The van der Waals surface area contributed by atoms with Gasteiger partial charge in [-0.3, -0.25) is 4.79 Å². The standard InChI is InChI=1S/C23H27N3O3/c1-16(21-25-19-6-4-5-7-20(19)26(21)2)24-22(27)23(12-14-29-15-13-23)17-8-10-18(28-3)11-9-17/h4-11,16H,12-15H2,1-3H3,(H,24,27)/t16-/m1/s1. The van der Waals surface area contributed by atoms with Crippen LogP contribution in [-0.4, -0.2) is 35.8 Å². The number of amides is 1. The number of aryl methyl sites for hydroxylation is 1. The van der Waals surface area contributed by atoms with Crippen molar-refractivity contribution in [2.45, 2.75) is 31.2 Å². The van der Waals surface area contributed by atoms with E-state index in [1.54, 1.807) is 7.11 Å². The Labute approximate surface area is 170 Å². The van der Waals surface area contributed by atoms with Gasteiger partial charge < -0.3 is 19.4 Å². The lowest BCUT2D eigenvalue weighted by Crippen LogP contribution is -2.48. The first-order valence-electron chi connectivity index (χ1n) is 10.00. The summed E-state index contributed by atoms with van der Waals surface area (Å²) >= 11 is 0. The third kappa shape index (κ3) is 3.49. The molecule has 0 unspecified atom stereocenters. The summed E-state index contributed by atoms with van der Waals surface area (Å²) in [5.41, 5.74) is 2.38. The molecule has 1 fully saturated rings. The van der Waals surface area contributed by atoms with Crippen LogP contribution in [0.2, 0.25) is 0 Å². The normalized spacial score (nSPS) is 17.1. The number of hydrogen-bond acceptors (Lipinski definition) is 4. The first-order chi connectivity index (χ1) is 14.0. The van der Waals surface area contributed by atoms with E-state index < -0.39 is 5.41 Å². The topological polar surface area (TPSA) is 65.4 Å². The van der Waals surface area contributed by atoms with E-state index >= 15 is 0 Å². The molecule has 1 aliphatic heterocycles. The highest BCUT2D eigenvalue weighted by Gasteiger charge is 2.42. The fraction of sp³-hybridized carbons (Fsp3) is 0.391. The summed E-state index contributed by atoms with van der Waals surface area (Å²) < 4.78 is 12.9. The third-order valence-corrected chi connectivity index (χ3v) is 5.98. The molecule has 2 heterocycles. The number of methoxy groups -OCH3 is 1. The molecule has 1 N–H and O–H groups in total. The molecule has 0 bridgehead atoms. The molecule has 6 nitrogen and oxygen atoms in total. The molecule has 0 spiro atoms. The van der Waals surface area contributed by atoms with Crippen LogP contribution in [0.1, 0.15) is 37.2 Å². The molecule has 152 valence electrons. The van der Waals surface area contributed by atoms with Gasteiger partial charge in [-0.05, 0) is 49.6 Å². The van der Waals surface area contributed by atoms with Gasteiger partial charge in [0.1, 0.15) is 11.6 Å². The number of hydrogen-bond donors (Lipinski definition) is 1. The molecule has 1 atom stereocenters. The van der Waals surface area contributed by atoms with Crippen molar-refractivity contribution < 1.29 is 14.3 Å². The fourth-order valence-corrected chi connectivity index (χ4v) is 4.23. The van der Waals surface area contributed by atoms with Crippen LogP contribution in [0.4, 0.5) is 0 Å². The van der Waals surface area contributed by atoms with Crippen molar-refractivity contribution in [3.05, 3.63) is 59.9 Å². The molecule has 0 saturated carbocycles. The maximum absolute atomic E-state index is 13.6. The summed E-state index contributed by atoms with van der Waals surface area (Å²) in [6, 6.07) is 15.6. The quantitative estimate of drug-likeness (QED) is 0.720. The highest BCUT2D eigenvalue weighted by Crippen LogP contribution is 2.36. The van der Waals surface area contributed by atoms with Crippen LogP contribution in [-0.2, 0) is 22.0 Å². The van der Waals surface area contributed by atoms with Gasteiger partial charge >= 0.3 is 0 Å². The number of rotatable bonds is 5. The Hall–Kier alpha value is -2.86. The molecule has 2 aromatic carbocycles. The number of nitrogens with one attached hydrogen (secondary N) is 1. The highest BCUT2D eigenvalue weighted by molar-refractivity contribution is 5.89. The Morgan fingerprint density at radius 3 is 2.52 bits per heavy atom. The molecule has 1 aromatic heterocycles. The second-order valence-electron chi connectivity index (χ2n) is 7.64. The molecular weight excluding hydrogens is 366 g/mol. The molecular formula is C23H27N3O3. The van der Waals surface area contributed by atoms with Gasteiger partial charge in [0.25, 0.3) is 0 Å². The van der Waals surface area contributed by atoms with E-state index in [2.05, 4.69) is 5.32 Å². The van der Waals surface area contributed by atoms with Crippen LogP contribution < -0.4 is 10.1 Å². The third-order valence-electron chi connectivity index (χ3n) is 5.98. The Morgan fingerprint density at radius 2 is 1.86 bits per heavy atom. The van der Waals surface area contributed by atoms with Crippen LogP contribution in [0.15, 0.2) is 48.5 Å². The van der Waals surface area contributed by atoms with Crippen molar-refractivity contribution in [3.8, 4) is 5.75 Å². The zero-order chi connectivity index (χ0) is 20.4. The number of ether oxygens (including phenoxy) is 2. The minimum Gasteiger partial charge on any atom is -0.497 e. The largest absolute Gasteiger partial charge is 0.497 e. The number of aromatic nitrogens is 2. The predicted molar refractivity (Wildman–Crippen MR) is 112 cm³/mol. The summed E-state index contributed by atoms with van der Waals surface area (Å²) in [5, 5.41) is 3.23. The number of para-hydroxylation sites is 2. The van der Waals surface area contributed by atoms with Crippen LogP contribution in [0.5, 0.6) is 5.75 Å². The van der Waals surface area contributed by atoms with Gasteiger partial charge in [0.2, 0.25) is 5.91 Å². The van der Waals surface area contributed by atoms with Gasteiger partial charge in [0.15, 0.2) is 0 Å². The van der Waals surface area contributed by atoms with E-state index in [4.69, 9.17) is 14.5 Å². The lowest BCUT2D eigenvalue weighted by atomic mass is 9.73. The number of imidazole rings is 1. The molecule has 0 radical (unpaired) electrons. The molecule has 1 saturated heterocycles. The second kappa shape index (κ2) is 7.87. The Kier molecular flexibility index (Phi) is 5.28. The number of nitrogens with zero attached hydrogens (tertiary/aromatic N) is 2. The van der Waals surface area contributed by atoms with E-state index in [9.17, 15) is 4.79 Å². The van der Waals surface area contributed by atoms with Gasteiger partial charge in [-0.1, -0.05) is 24.3 Å². The summed E-state index contributed by atoms with van der Waals surface area (Å²) in [6.07, 6.45) is 1.31. The average Bonchev–Trinajstić information content (AvgIpc) is 3.11. The zero-order valence-electron chi connectivity index (χ0n) is 17.1. The first kappa shape index (κ1) is 19.5. The molecule has 0 aliphatic carbocycles.